The van der Waals surface area contributed by atoms with Crippen LogP contribution in [0.1, 0.15) is 6.42 Å². The van der Waals surface area contributed by atoms with E-state index in [1.165, 1.54) is 0 Å². The number of aromatic nitrogens is 2. The van der Waals surface area contributed by atoms with Gasteiger partial charge in [-0.05, 0) is 18.6 Å². The van der Waals surface area contributed by atoms with Crippen molar-refractivity contribution in [2.45, 2.75) is 18.6 Å². The number of carboxylic acid groups (broad SMARTS) is 1. The van der Waals surface area contributed by atoms with Crippen LogP contribution in [0.3, 0.4) is 0 Å². The van der Waals surface area contributed by atoms with Crippen molar-refractivity contribution in [2.24, 2.45) is 0 Å². The van der Waals surface area contributed by atoms with Gasteiger partial charge in [0.25, 0.3) is 0 Å². The molecule has 1 aromatic rings. The molecule has 0 radical (unpaired) electrons. The highest BCUT2D eigenvalue weighted by molar-refractivity contribution is 7.80. The van der Waals surface area contributed by atoms with Gasteiger partial charge >= 0.3 is 6.09 Å². The zero-order valence-electron chi connectivity index (χ0n) is 10.5. The van der Waals surface area contributed by atoms with Crippen LogP contribution in [0.25, 0.3) is 0 Å². The van der Waals surface area contributed by atoms with Gasteiger partial charge in [0.15, 0.2) is 5.11 Å². The summed E-state index contributed by atoms with van der Waals surface area (Å²) in [5.41, 5.74) is 0. The van der Waals surface area contributed by atoms with Crippen molar-refractivity contribution >= 4 is 23.4 Å². The van der Waals surface area contributed by atoms with Gasteiger partial charge in [0.2, 0.25) is 0 Å². The van der Waals surface area contributed by atoms with Crippen LogP contribution in [-0.2, 0) is 4.74 Å². The Bertz CT molecular complexity index is 451. The fourth-order valence-electron chi connectivity index (χ4n) is 2.19. The predicted octanol–water partition coefficient (Wildman–Crippen LogP) is 0.373. The Morgan fingerprint density at radius 1 is 1.63 bits per heavy atom. The first-order chi connectivity index (χ1) is 9.11. The zero-order chi connectivity index (χ0) is 13.8. The number of imidazole rings is 1. The summed E-state index contributed by atoms with van der Waals surface area (Å²) in [4.78, 5) is 16.7. The molecular formula is C11H16N4O3S. The standard InChI is InChI=1S/C11H16N4O3S/c1-18-9-6-14(4-2-8(9)13-10(16)17)11(19)15-5-3-12-7-15/h3,5,7-9,13H,2,4,6H2,1H3,(H,16,17)/t8-,9+/m1/s1. The molecule has 7 nitrogen and oxygen atoms in total. The minimum absolute atomic E-state index is 0.204. The lowest BCUT2D eigenvalue weighted by molar-refractivity contribution is 0.0265. The molecule has 1 fully saturated rings. The van der Waals surface area contributed by atoms with Crippen LogP contribution < -0.4 is 5.32 Å². The van der Waals surface area contributed by atoms with Crippen molar-refractivity contribution in [1.82, 2.24) is 19.8 Å². The maximum atomic E-state index is 10.7. The molecule has 2 atom stereocenters. The fraction of sp³-hybridized carbons (Fsp3) is 0.545. The summed E-state index contributed by atoms with van der Waals surface area (Å²) in [6, 6.07) is -0.204. The molecular weight excluding hydrogens is 268 g/mol. The lowest BCUT2D eigenvalue weighted by atomic mass is 10.0. The van der Waals surface area contributed by atoms with Gasteiger partial charge in [-0.25, -0.2) is 9.78 Å². The van der Waals surface area contributed by atoms with Crippen LogP contribution in [0.5, 0.6) is 0 Å². The van der Waals surface area contributed by atoms with Crippen LogP contribution in [0.2, 0.25) is 0 Å². The molecule has 19 heavy (non-hydrogen) atoms. The second kappa shape index (κ2) is 5.98. The van der Waals surface area contributed by atoms with Gasteiger partial charge in [-0.3, -0.25) is 4.57 Å². The van der Waals surface area contributed by atoms with Gasteiger partial charge in [0, 0.05) is 32.6 Å². The topological polar surface area (TPSA) is 79.6 Å². The molecule has 1 saturated heterocycles. The van der Waals surface area contributed by atoms with E-state index in [2.05, 4.69) is 10.3 Å². The number of nitrogens with zero attached hydrogens (tertiary/aromatic N) is 3. The first kappa shape index (κ1) is 13.8. The highest BCUT2D eigenvalue weighted by Crippen LogP contribution is 2.15. The third-order valence-electron chi connectivity index (χ3n) is 3.17. The van der Waals surface area contributed by atoms with Gasteiger partial charge in [-0.1, -0.05) is 0 Å². The van der Waals surface area contributed by atoms with E-state index < -0.39 is 6.09 Å². The van der Waals surface area contributed by atoms with Gasteiger partial charge in [0.1, 0.15) is 6.33 Å². The Hall–Kier alpha value is -1.67. The molecule has 2 heterocycles. The number of hydrogen-bond acceptors (Lipinski definition) is 4. The maximum absolute atomic E-state index is 10.7. The molecule has 0 bridgehead atoms. The molecule has 0 unspecified atom stereocenters. The van der Waals surface area contributed by atoms with E-state index in [9.17, 15) is 4.79 Å². The van der Waals surface area contributed by atoms with Crippen LogP contribution >= 0.6 is 12.2 Å². The largest absolute Gasteiger partial charge is 0.465 e. The predicted molar refractivity (Wildman–Crippen MR) is 72.2 cm³/mol. The molecule has 1 aromatic heterocycles. The minimum Gasteiger partial charge on any atom is -0.465 e. The SMILES string of the molecule is CO[C@H]1CN(C(=S)n2ccnc2)CC[C@H]1NC(=O)O. The first-order valence-electron chi connectivity index (χ1n) is 5.91. The summed E-state index contributed by atoms with van der Waals surface area (Å²) in [6.07, 6.45) is 4.50. The van der Waals surface area contributed by atoms with Gasteiger partial charge in [0.05, 0.1) is 12.1 Å². The highest BCUT2D eigenvalue weighted by atomic mass is 32.1. The Morgan fingerprint density at radius 3 is 3.00 bits per heavy atom. The van der Waals surface area contributed by atoms with Crippen molar-refractivity contribution < 1.29 is 14.6 Å². The van der Waals surface area contributed by atoms with E-state index in [0.29, 0.717) is 24.6 Å². The fourth-order valence-corrected chi connectivity index (χ4v) is 2.46. The molecule has 1 amide bonds. The van der Waals surface area contributed by atoms with Gasteiger partial charge in [-0.15, -0.1) is 0 Å². The van der Waals surface area contributed by atoms with Crippen LogP contribution in [0.15, 0.2) is 18.7 Å². The number of piperidine rings is 1. The van der Waals surface area contributed by atoms with Crippen LogP contribution in [0, 0.1) is 0 Å². The number of rotatable bonds is 2. The number of methoxy groups -OCH3 is 1. The summed E-state index contributed by atoms with van der Waals surface area (Å²) in [6.45, 7) is 1.24. The van der Waals surface area contributed by atoms with E-state index in [1.54, 1.807) is 30.4 Å². The molecule has 1 aliphatic rings. The van der Waals surface area contributed by atoms with E-state index in [1.807, 2.05) is 4.90 Å². The molecule has 2 N–H and O–H groups in total. The molecule has 0 aromatic carbocycles. The van der Waals surface area contributed by atoms with Crippen molar-refractivity contribution in [3.05, 3.63) is 18.7 Å². The minimum atomic E-state index is -1.03. The molecule has 2 rings (SSSR count). The van der Waals surface area contributed by atoms with E-state index in [4.69, 9.17) is 22.1 Å². The molecule has 1 aliphatic heterocycles. The normalized spacial score (nSPS) is 23.1. The first-order valence-corrected chi connectivity index (χ1v) is 6.32. The van der Waals surface area contributed by atoms with Gasteiger partial charge < -0.3 is 20.1 Å². The van der Waals surface area contributed by atoms with E-state index >= 15 is 0 Å². The average Bonchev–Trinajstić information content (AvgIpc) is 2.91. The van der Waals surface area contributed by atoms with Crippen molar-refractivity contribution in [1.29, 1.82) is 0 Å². The van der Waals surface area contributed by atoms with Crippen molar-refractivity contribution in [3.63, 3.8) is 0 Å². The number of carbonyl (C=O) groups is 1. The van der Waals surface area contributed by atoms with Gasteiger partial charge in [-0.2, -0.15) is 0 Å². The van der Waals surface area contributed by atoms with E-state index in [-0.39, 0.29) is 12.1 Å². The molecule has 104 valence electrons. The molecule has 0 saturated carbocycles. The summed E-state index contributed by atoms with van der Waals surface area (Å²) in [5, 5.41) is 11.9. The quantitative estimate of drug-likeness (QED) is 0.764. The summed E-state index contributed by atoms with van der Waals surface area (Å²) >= 11 is 5.38. The number of nitrogens with one attached hydrogen (secondary N) is 1. The number of hydrogen-bond donors (Lipinski definition) is 2. The summed E-state index contributed by atoms with van der Waals surface area (Å²) < 4.78 is 7.11. The Kier molecular flexibility index (Phi) is 4.33. The average molecular weight is 284 g/mol. The smallest absolute Gasteiger partial charge is 0.404 e. The third-order valence-corrected chi connectivity index (χ3v) is 3.64. The Labute approximate surface area is 116 Å². The molecule has 0 spiro atoms. The maximum Gasteiger partial charge on any atom is 0.404 e. The van der Waals surface area contributed by atoms with Crippen molar-refractivity contribution in [2.75, 3.05) is 20.2 Å². The van der Waals surface area contributed by atoms with Crippen LogP contribution in [-0.4, -0.2) is 63.1 Å². The molecule has 8 heteroatoms. The second-order valence-corrected chi connectivity index (χ2v) is 4.68. The number of likely N-dealkylation sites (tertiary alicyclic amines) is 1. The van der Waals surface area contributed by atoms with E-state index in [0.717, 1.165) is 0 Å². The monoisotopic (exact) mass is 284 g/mol. The third kappa shape index (κ3) is 3.21. The number of amides is 1. The highest BCUT2D eigenvalue weighted by Gasteiger charge is 2.31. The summed E-state index contributed by atoms with van der Waals surface area (Å²) in [7, 11) is 1.57. The Balaban J connectivity index is 2.00. The number of ether oxygens (including phenoxy) is 1. The zero-order valence-corrected chi connectivity index (χ0v) is 11.3. The second-order valence-electron chi connectivity index (χ2n) is 4.32. The summed E-state index contributed by atoms with van der Waals surface area (Å²) in [5.74, 6) is 0. The molecule has 0 aliphatic carbocycles. The lowest BCUT2D eigenvalue weighted by Crippen LogP contribution is -2.56. The van der Waals surface area contributed by atoms with Crippen LogP contribution in [0.4, 0.5) is 4.79 Å². The lowest BCUT2D eigenvalue weighted by Gasteiger charge is -2.38. The Morgan fingerprint density at radius 2 is 2.42 bits per heavy atom. The van der Waals surface area contributed by atoms with Crippen molar-refractivity contribution in [3.8, 4) is 0 Å². The number of thiocarbonyl (C=S) groups is 1.